The Hall–Kier alpha value is -1.30. The molecule has 0 aliphatic rings. The van der Waals surface area contributed by atoms with Gasteiger partial charge in [0.05, 0.1) is 16.6 Å². The number of hydrazine groups is 1. The van der Waals surface area contributed by atoms with E-state index < -0.39 is 0 Å². The van der Waals surface area contributed by atoms with E-state index in [2.05, 4.69) is 67.8 Å². The molecule has 0 bridgehead atoms. The summed E-state index contributed by atoms with van der Waals surface area (Å²) in [4.78, 5) is 1.13. The Bertz CT molecular complexity index is 593. The molecular weight excluding hydrogens is 280 g/mol. The molecule has 3 N–H and O–H groups in total. The number of nitrogens with one attached hydrogen (secondary N) is 1. The van der Waals surface area contributed by atoms with E-state index in [1.807, 2.05) is 0 Å². The van der Waals surface area contributed by atoms with Crippen molar-refractivity contribution in [2.75, 3.05) is 0 Å². The van der Waals surface area contributed by atoms with Crippen LogP contribution in [-0.4, -0.2) is 9.59 Å². The second-order valence-corrected chi connectivity index (χ2v) is 7.44. The minimum atomic E-state index is -0.0278. The molecule has 1 heterocycles. The zero-order valence-corrected chi connectivity index (χ0v) is 14.2. The fourth-order valence-corrected chi connectivity index (χ4v) is 3.52. The van der Waals surface area contributed by atoms with Crippen LogP contribution in [0.15, 0.2) is 18.2 Å². The third-order valence-electron chi connectivity index (χ3n) is 3.46. The van der Waals surface area contributed by atoms with E-state index in [9.17, 15) is 0 Å². The maximum atomic E-state index is 5.80. The topological polar surface area (TPSA) is 63.8 Å². The molecule has 0 aliphatic heterocycles. The van der Waals surface area contributed by atoms with E-state index in [0.29, 0.717) is 0 Å². The van der Waals surface area contributed by atoms with Crippen molar-refractivity contribution in [1.82, 2.24) is 15.0 Å². The Balaban J connectivity index is 2.31. The molecule has 0 saturated heterocycles. The first kappa shape index (κ1) is 16.1. The van der Waals surface area contributed by atoms with Gasteiger partial charge in [0.15, 0.2) is 0 Å². The summed E-state index contributed by atoms with van der Waals surface area (Å²) in [6.07, 6.45) is 0.839. The lowest BCUT2D eigenvalue weighted by Gasteiger charge is -2.21. The number of rotatable bonds is 4. The first-order chi connectivity index (χ1) is 9.81. The fraction of sp³-hybridized carbons (Fsp3) is 0.500. The number of aryl methyl sites for hydroxylation is 2. The quantitative estimate of drug-likeness (QED) is 0.672. The van der Waals surface area contributed by atoms with Crippen molar-refractivity contribution in [2.45, 2.75) is 52.5 Å². The second kappa shape index (κ2) is 6.22. The summed E-state index contributed by atoms with van der Waals surface area (Å²) in [5, 5.41) is 4.31. The van der Waals surface area contributed by atoms with Crippen LogP contribution in [0.25, 0.3) is 0 Å². The molecule has 0 amide bonds. The van der Waals surface area contributed by atoms with Crippen molar-refractivity contribution in [1.29, 1.82) is 0 Å². The summed E-state index contributed by atoms with van der Waals surface area (Å²) in [6, 6.07) is 6.65. The normalized spacial score (nSPS) is 13.4. The average molecular weight is 304 g/mol. The highest BCUT2D eigenvalue weighted by Gasteiger charge is 2.27. The van der Waals surface area contributed by atoms with Crippen LogP contribution in [0.1, 0.15) is 54.1 Å². The predicted octanol–water partition coefficient (Wildman–Crippen LogP) is 3.20. The molecular formula is C16H24N4S. The highest BCUT2D eigenvalue weighted by Crippen LogP contribution is 2.31. The SMILES string of the molecule is Cc1cc(C)cc(CC(NN)c2snnc2C(C)(C)C)c1. The van der Waals surface area contributed by atoms with Gasteiger partial charge in [0.2, 0.25) is 0 Å². The van der Waals surface area contributed by atoms with Crippen LogP contribution in [0.5, 0.6) is 0 Å². The molecule has 5 heteroatoms. The second-order valence-electron chi connectivity index (χ2n) is 6.66. The number of benzene rings is 1. The van der Waals surface area contributed by atoms with Crippen LogP contribution in [0.3, 0.4) is 0 Å². The van der Waals surface area contributed by atoms with Crippen molar-refractivity contribution in [3.63, 3.8) is 0 Å². The molecule has 1 unspecified atom stereocenters. The molecule has 114 valence electrons. The first-order valence-corrected chi connectivity index (χ1v) is 7.94. The number of hydrogen-bond acceptors (Lipinski definition) is 5. The predicted molar refractivity (Wildman–Crippen MR) is 88.3 cm³/mol. The van der Waals surface area contributed by atoms with Gasteiger partial charge in [-0.15, -0.1) is 5.10 Å². The number of nitrogens with two attached hydrogens (primary N) is 1. The van der Waals surface area contributed by atoms with Crippen molar-refractivity contribution >= 4 is 11.5 Å². The minimum Gasteiger partial charge on any atom is -0.271 e. The van der Waals surface area contributed by atoms with Crippen molar-refractivity contribution in [3.05, 3.63) is 45.5 Å². The van der Waals surface area contributed by atoms with E-state index >= 15 is 0 Å². The molecule has 21 heavy (non-hydrogen) atoms. The van der Waals surface area contributed by atoms with Crippen LogP contribution < -0.4 is 11.3 Å². The highest BCUT2D eigenvalue weighted by atomic mass is 32.1. The molecule has 0 saturated carbocycles. The molecule has 0 aliphatic carbocycles. The fourth-order valence-electron chi connectivity index (χ4n) is 2.60. The summed E-state index contributed by atoms with van der Waals surface area (Å²) in [5.74, 6) is 5.80. The standard InChI is InChI=1S/C16H24N4S/c1-10-6-11(2)8-12(7-10)9-13(18-17)14-15(16(3,4)5)19-20-21-14/h6-8,13,18H,9,17H2,1-5H3. The molecule has 1 aromatic carbocycles. The summed E-state index contributed by atoms with van der Waals surface area (Å²) in [6.45, 7) is 10.7. The highest BCUT2D eigenvalue weighted by molar-refractivity contribution is 7.05. The lowest BCUT2D eigenvalue weighted by molar-refractivity contribution is 0.515. The molecule has 0 radical (unpaired) electrons. The van der Waals surface area contributed by atoms with E-state index in [1.54, 1.807) is 0 Å². The zero-order chi connectivity index (χ0) is 15.6. The largest absolute Gasteiger partial charge is 0.271 e. The van der Waals surface area contributed by atoms with E-state index in [-0.39, 0.29) is 11.5 Å². The molecule has 1 atom stereocenters. The van der Waals surface area contributed by atoms with Gasteiger partial charge in [-0.3, -0.25) is 11.3 Å². The van der Waals surface area contributed by atoms with Gasteiger partial charge < -0.3 is 0 Å². The van der Waals surface area contributed by atoms with E-state index in [0.717, 1.165) is 17.0 Å². The van der Waals surface area contributed by atoms with Gasteiger partial charge >= 0.3 is 0 Å². The van der Waals surface area contributed by atoms with Crippen LogP contribution in [-0.2, 0) is 11.8 Å². The van der Waals surface area contributed by atoms with Gasteiger partial charge in [-0.05, 0) is 37.4 Å². The number of aromatic nitrogens is 2. The van der Waals surface area contributed by atoms with Crippen LogP contribution in [0.4, 0.5) is 0 Å². The zero-order valence-electron chi connectivity index (χ0n) is 13.4. The average Bonchev–Trinajstić information content (AvgIpc) is 2.83. The Kier molecular flexibility index (Phi) is 4.76. The van der Waals surface area contributed by atoms with Crippen LogP contribution in [0, 0.1) is 13.8 Å². The summed E-state index contributed by atoms with van der Waals surface area (Å²) < 4.78 is 4.13. The molecule has 2 rings (SSSR count). The first-order valence-electron chi connectivity index (χ1n) is 7.17. The molecule has 2 aromatic rings. The smallest absolute Gasteiger partial charge is 0.0857 e. The van der Waals surface area contributed by atoms with Gasteiger partial charge in [0.25, 0.3) is 0 Å². The third-order valence-corrected chi connectivity index (χ3v) is 4.30. The van der Waals surface area contributed by atoms with Crippen molar-refractivity contribution in [2.24, 2.45) is 5.84 Å². The van der Waals surface area contributed by atoms with E-state index in [1.165, 1.54) is 28.2 Å². The van der Waals surface area contributed by atoms with Crippen LogP contribution >= 0.6 is 11.5 Å². The number of hydrogen-bond donors (Lipinski definition) is 2. The van der Waals surface area contributed by atoms with Gasteiger partial charge in [0.1, 0.15) is 0 Å². The van der Waals surface area contributed by atoms with Gasteiger partial charge in [0, 0.05) is 5.41 Å². The summed E-state index contributed by atoms with van der Waals surface area (Å²) in [7, 11) is 0. The van der Waals surface area contributed by atoms with Crippen molar-refractivity contribution in [3.8, 4) is 0 Å². The third kappa shape index (κ3) is 3.87. The molecule has 0 spiro atoms. The number of nitrogens with zero attached hydrogens (tertiary/aromatic N) is 2. The van der Waals surface area contributed by atoms with Gasteiger partial charge in [-0.25, -0.2) is 0 Å². The Morgan fingerprint density at radius 1 is 1.19 bits per heavy atom. The monoisotopic (exact) mass is 304 g/mol. The van der Waals surface area contributed by atoms with Crippen molar-refractivity contribution < 1.29 is 0 Å². The van der Waals surface area contributed by atoms with Crippen LogP contribution in [0.2, 0.25) is 0 Å². The Morgan fingerprint density at radius 2 is 1.81 bits per heavy atom. The maximum Gasteiger partial charge on any atom is 0.0857 e. The molecule has 0 fully saturated rings. The lowest BCUT2D eigenvalue weighted by atomic mass is 9.89. The maximum absolute atomic E-state index is 5.80. The molecule has 1 aromatic heterocycles. The van der Waals surface area contributed by atoms with Gasteiger partial charge in [-0.2, -0.15) is 0 Å². The molecule has 4 nitrogen and oxygen atoms in total. The summed E-state index contributed by atoms with van der Waals surface area (Å²) in [5.41, 5.74) is 7.77. The summed E-state index contributed by atoms with van der Waals surface area (Å²) >= 11 is 1.43. The Labute approximate surface area is 130 Å². The van der Waals surface area contributed by atoms with Gasteiger partial charge in [-0.1, -0.05) is 54.6 Å². The lowest BCUT2D eigenvalue weighted by Crippen LogP contribution is -2.31. The minimum absolute atomic E-state index is 0.0278. The van der Waals surface area contributed by atoms with E-state index in [4.69, 9.17) is 5.84 Å². The Morgan fingerprint density at radius 3 is 2.33 bits per heavy atom.